The molecule has 0 amide bonds. The molecule has 0 saturated carbocycles. The zero-order valence-electron chi connectivity index (χ0n) is 23.2. The fourth-order valence-corrected chi connectivity index (χ4v) is 3.08. The second kappa shape index (κ2) is 20.2. The third-order valence-electron chi connectivity index (χ3n) is 4.37. The van der Waals surface area contributed by atoms with Crippen LogP contribution in [0.1, 0.15) is 39.4 Å². The van der Waals surface area contributed by atoms with Gasteiger partial charge in [0.15, 0.2) is 11.6 Å². The first-order valence-corrected chi connectivity index (χ1v) is 12.3. The van der Waals surface area contributed by atoms with Gasteiger partial charge in [-0.15, -0.1) is 0 Å². The van der Waals surface area contributed by atoms with Crippen LogP contribution in [-0.4, -0.2) is 72.9 Å². The minimum absolute atomic E-state index is 0. The summed E-state index contributed by atoms with van der Waals surface area (Å²) in [4.78, 5) is 25.5. The van der Waals surface area contributed by atoms with E-state index in [4.69, 9.17) is 11.6 Å². The molecule has 0 spiro atoms. The highest BCUT2D eigenvalue weighted by atomic mass is 35.5. The van der Waals surface area contributed by atoms with E-state index in [-0.39, 0.29) is 45.9 Å². The molecule has 0 bridgehead atoms. The third kappa shape index (κ3) is 12.9. The summed E-state index contributed by atoms with van der Waals surface area (Å²) in [6.07, 6.45) is 0. The monoisotopic (exact) mass is 566 g/mol. The van der Waals surface area contributed by atoms with Crippen molar-refractivity contribution >= 4 is 46.3 Å². The summed E-state index contributed by atoms with van der Waals surface area (Å²) in [5.74, 6) is 2.89. The lowest BCUT2D eigenvalue weighted by Crippen LogP contribution is -2.14. The van der Waals surface area contributed by atoms with Crippen molar-refractivity contribution in [2.45, 2.75) is 47.2 Å². The van der Waals surface area contributed by atoms with Crippen LogP contribution in [0.4, 0.5) is 17.8 Å². The predicted octanol–water partition coefficient (Wildman–Crippen LogP) is 5.60. The minimum Gasteiger partial charge on any atom is -0.357 e. The molecule has 216 valence electrons. The highest BCUT2D eigenvalue weighted by Crippen LogP contribution is 2.18. The standard InChI is InChI=1S/C13H17N5.C12H13ClN4.CH5N.CH4.2B.3H2/c1-9(2)15-13-17-11(16-12(14-3)18-13)10-7-5-4-6-8-10;1-8(2)14-12-16-10(15-11(13)17-12)9-6-4-3-5-7-9;1-2;;;;;;/h4-9H,1-3H3,(H2,14,15,16,17,18);3-8H,1-2H3,(H,14,15,16,17);2H2,1H3;1H4;;;3*1H. The van der Waals surface area contributed by atoms with Gasteiger partial charge in [0.05, 0.1) is 0 Å². The molecule has 0 fully saturated rings. The van der Waals surface area contributed by atoms with Crippen molar-refractivity contribution in [2.24, 2.45) is 5.73 Å². The number of benzene rings is 2. The van der Waals surface area contributed by atoms with Crippen molar-refractivity contribution in [3.63, 3.8) is 0 Å². The van der Waals surface area contributed by atoms with Crippen LogP contribution in [0.2, 0.25) is 5.28 Å². The maximum absolute atomic E-state index is 5.88. The molecule has 4 aromatic rings. The van der Waals surface area contributed by atoms with Crippen LogP contribution in [0.5, 0.6) is 0 Å². The van der Waals surface area contributed by atoms with Crippen LogP contribution in [0.3, 0.4) is 0 Å². The fourth-order valence-electron chi connectivity index (χ4n) is 2.92. The van der Waals surface area contributed by atoms with Crippen molar-refractivity contribution in [1.29, 1.82) is 0 Å². The van der Waals surface area contributed by atoms with Crippen LogP contribution in [0.15, 0.2) is 60.7 Å². The molecule has 2 aromatic heterocycles. The van der Waals surface area contributed by atoms with Crippen LogP contribution < -0.4 is 21.7 Å². The smallest absolute Gasteiger partial charge is 0.228 e. The first-order chi connectivity index (χ1) is 17.8. The highest BCUT2D eigenvalue weighted by molar-refractivity contribution is 6.28. The molecule has 5 N–H and O–H groups in total. The van der Waals surface area contributed by atoms with Gasteiger partial charge in [-0.1, -0.05) is 68.1 Å². The normalized spacial score (nSPS) is 9.35. The SMILES string of the molecule is C.CC(C)Nc1nc(Cl)nc(-c2ccccc2)n1.CN.CNc1nc(NC(C)C)nc(-c2ccccc2)n1.[B].[B].[HH].[HH].[HH]. The Morgan fingerprint density at radius 1 is 0.625 bits per heavy atom. The van der Waals surface area contributed by atoms with E-state index in [1.54, 1.807) is 7.05 Å². The number of nitrogens with zero attached hydrogens (tertiary/aromatic N) is 6. The second-order valence-corrected chi connectivity index (χ2v) is 8.48. The van der Waals surface area contributed by atoms with E-state index >= 15 is 0 Å². The molecule has 4 rings (SSSR count). The molecule has 0 atom stereocenters. The molecule has 0 aliphatic rings. The van der Waals surface area contributed by atoms with Crippen molar-refractivity contribution in [2.75, 3.05) is 30.0 Å². The molecular weight excluding hydrogens is 521 g/mol. The van der Waals surface area contributed by atoms with Gasteiger partial charge in [0.2, 0.25) is 23.1 Å². The first-order valence-electron chi connectivity index (χ1n) is 11.9. The molecule has 0 unspecified atom stereocenters. The molecule has 2 heterocycles. The van der Waals surface area contributed by atoms with E-state index in [9.17, 15) is 0 Å². The highest BCUT2D eigenvalue weighted by Gasteiger charge is 2.09. The van der Waals surface area contributed by atoms with E-state index in [2.05, 4.69) is 51.6 Å². The maximum atomic E-state index is 5.88. The summed E-state index contributed by atoms with van der Waals surface area (Å²) >= 11 is 5.88. The lowest BCUT2D eigenvalue weighted by molar-refractivity contribution is 0.868. The summed E-state index contributed by atoms with van der Waals surface area (Å²) in [6, 6.07) is 20.1. The lowest BCUT2D eigenvalue weighted by atomic mass is 10.2. The molecule has 0 aliphatic heterocycles. The molecule has 0 aliphatic carbocycles. The van der Waals surface area contributed by atoms with Crippen LogP contribution in [0.25, 0.3) is 22.8 Å². The van der Waals surface area contributed by atoms with Gasteiger partial charge in [0.1, 0.15) is 0 Å². The fraction of sp³-hybridized carbons (Fsp3) is 0.333. The van der Waals surface area contributed by atoms with Gasteiger partial charge in [0, 0.05) is 51.4 Å². The molecule has 6 radical (unpaired) electrons. The van der Waals surface area contributed by atoms with Crippen molar-refractivity contribution in [1.82, 2.24) is 29.9 Å². The lowest BCUT2D eigenvalue weighted by Gasteiger charge is -2.10. The summed E-state index contributed by atoms with van der Waals surface area (Å²) in [5, 5.41) is 9.44. The number of aromatic nitrogens is 6. The average molecular weight is 567 g/mol. The number of halogens is 1. The van der Waals surface area contributed by atoms with Crippen molar-refractivity contribution in [3.05, 3.63) is 65.9 Å². The largest absolute Gasteiger partial charge is 0.357 e. The molecule has 10 nitrogen and oxygen atoms in total. The Kier molecular flexibility index (Phi) is 19.4. The van der Waals surface area contributed by atoms with Crippen LogP contribution in [0, 0.1) is 0 Å². The number of hydrogen-bond donors (Lipinski definition) is 4. The van der Waals surface area contributed by atoms with Gasteiger partial charge in [0.25, 0.3) is 0 Å². The van der Waals surface area contributed by atoms with E-state index in [1.165, 1.54) is 7.05 Å². The third-order valence-corrected chi connectivity index (χ3v) is 4.54. The molecule has 2 aromatic carbocycles. The summed E-state index contributed by atoms with van der Waals surface area (Å²) < 4.78 is 0. The quantitative estimate of drug-likeness (QED) is 0.209. The summed E-state index contributed by atoms with van der Waals surface area (Å²) in [6.45, 7) is 8.12. The Morgan fingerprint density at radius 2 is 1.00 bits per heavy atom. The molecular formula is C27H45B2ClN10. The van der Waals surface area contributed by atoms with Crippen LogP contribution >= 0.6 is 11.6 Å². The number of nitrogens with one attached hydrogen (secondary N) is 3. The zero-order chi connectivity index (χ0) is 27.2. The van der Waals surface area contributed by atoms with E-state index in [1.807, 2.05) is 88.4 Å². The van der Waals surface area contributed by atoms with E-state index in [0.717, 1.165) is 11.1 Å². The van der Waals surface area contributed by atoms with E-state index in [0.29, 0.717) is 29.5 Å². The Balaban J connectivity index is -0.000000187. The number of anilines is 3. The zero-order valence-corrected chi connectivity index (χ0v) is 24.0. The maximum Gasteiger partial charge on any atom is 0.228 e. The molecule has 40 heavy (non-hydrogen) atoms. The number of nitrogens with two attached hydrogens (primary N) is 1. The predicted molar refractivity (Wildman–Crippen MR) is 177 cm³/mol. The Hall–Kier alpha value is -3.76. The Bertz CT molecular complexity index is 1230. The van der Waals surface area contributed by atoms with Gasteiger partial charge < -0.3 is 21.7 Å². The van der Waals surface area contributed by atoms with Gasteiger partial charge >= 0.3 is 0 Å². The summed E-state index contributed by atoms with van der Waals surface area (Å²) in [7, 11) is 3.29. The van der Waals surface area contributed by atoms with Crippen molar-refractivity contribution < 1.29 is 4.28 Å². The average Bonchev–Trinajstić information content (AvgIpc) is 2.90. The van der Waals surface area contributed by atoms with Gasteiger partial charge in [-0.3, -0.25) is 0 Å². The second-order valence-electron chi connectivity index (χ2n) is 8.14. The van der Waals surface area contributed by atoms with Gasteiger partial charge in [-0.25, -0.2) is 0 Å². The number of hydrogen-bond acceptors (Lipinski definition) is 10. The topological polar surface area (TPSA) is 139 Å². The van der Waals surface area contributed by atoms with Gasteiger partial charge in [-0.2, -0.15) is 29.9 Å². The summed E-state index contributed by atoms with van der Waals surface area (Å²) in [5.41, 5.74) is 6.40. The number of rotatable bonds is 7. The molecule has 13 heteroatoms. The van der Waals surface area contributed by atoms with E-state index < -0.39 is 0 Å². The first kappa shape index (κ1) is 38.4. The Labute approximate surface area is 252 Å². The van der Waals surface area contributed by atoms with Gasteiger partial charge in [-0.05, 0) is 46.3 Å². The Morgan fingerprint density at radius 3 is 1.40 bits per heavy atom. The van der Waals surface area contributed by atoms with Crippen LogP contribution in [-0.2, 0) is 0 Å². The van der Waals surface area contributed by atoms with Crippen molar-refractivity contribution in [3.8, 4) is 22.8 Å². The molecule has 0 saturated heterocycles. The minimum atomic E-state index is 0.